The van der Waals surface area contributed by atoms with Crippen LogP contribution in [-0.2, 0) is 16.2 Å². The summed E-state index contributed by atoms with van der Waals surface area (Å²) in [5.41, 5.74) is 0.953. The molecule has 1 aliphatic rings. The fourth-order valence-electron chi connectivity index (χ4n) is 3.19. The van der Waals surface area contributed by atoms with Crippen LogP contribution >= 0.6 is 34.8 Å². The molecule has 6 nitrogen and oxygen atoms in total. The van der Waals surface area contributed by atoms with Crippen molar-refractivity contribution in [1.82, 2.24) is 5.32 Å². The first kappa shape index (κ1) is 23.8. The minimum absolute atomic E-state index is 0.101. The number of nitrogens with zero attached hydrogens (tertiary/aromatic N) is 1. The van der Waals surface area contributed by atoms with Gasteiger partial charge in [-0.05, 0) is 65.7 Å². The summed E-state index contributed by atoms with van der Waals surface area (Å²) in [4.78, 5) is 38.3. The van der Waals surface area contributed by atoms with Crippen LogP contribution in [0.1, 0.15) is 11.1 Å². The predicted molar refractivity (Wildman–Crippen MR) is 128 cm³/mol. The lowest BCUT2D eigenvalue weighted by Gasteiger charge is -2.26. The highest BCUT2D eigenvalue weighted by molar-refractivity contribution is 6.40. The minimum Gasteiger partial charge on any atom is -0.486 e. The van der Waals surface area contributed by atoms with Gasteiger partial charge >= 0.3 is 6.03 Å². The van der Waals surface area contributed by atoms with Gasteiger partial charge in [0.1, 0.15) is 18.0 Å². The van der Waals surface area contributed by atoms with E-state index in [1.54, 1.807) is 24.3 Å². The van der Waals surface area contributed by atoms with Crippen molar-refractivity contribution >= 4 is 64.4 Å². The lowest BCUT2D eigenvalue weighted by atomic mass is 10.1. The average molecular weight is 520 g/mol. The zero-order valence-corrected chi connectivity index (χ0v) is 19.4. The topological polar surface area (TPSA) is 75.7 Å². The van der Waals surface area contributed by atoms with Crippen molar-refractivity contribution in [3.05, 3.63) is 98.2 Å². The molecule has 34 heavy (non-hydrogen) atoms. The summed E-state index contributed by atoms with van der Waals surface area (Å²) >= 11 is 18.5. The van der Waals surface area contributed by atoms with Gasteiger partial charge in [-0.2, -0.15) is 0 Å². The molecule has 1 heterocycles. The Morgan fingerprint density at radius 1 is 0.912 bits per heavy atom. The van der Waals surface area contributed by atoms with Crippen molar-refractivity contribution in [2.75, 3.05) is 4.90 Å². The monoisotopic (exact) mass is 518 g/mol. The van der Waals surface area contributed by atoms with Gasteiger partial charge in [0.05, 0.1) is 15.7 Å². The Bertz CT molecular complexity index is 1300. The first-order valence-corrected chi connectivity index (χ1v) is 10.9. The molecule has 10 heteroatoms. The number of hydrogen-bond donors (Lipinski definition) is 1. The number of barbiturate groups is 1. The Labute approximate surface area is 208 Å². The molecule has 0 radical (unpaired) electrons. The number of amides is 4. The van der Waals surface area contributed by atoms with Gasteiger partial charge in [0.2, 0.25) is 0 Å². The van der Waals surface area contributed by atoms with Crippen molar-refractivity contribution in [3.8, 4) is 5.75 Å². The van der Waals surface area contributed by atoms with E-state index in [0.29, 0.717) is 10.6 Å². The Kier molecular flexibility index (Phi) is 6.88. The largest absolute Gasteiger partial charge is 0.486 e. The molecule has 3 aromatic rings. The molecule has 1 N–H and O–H groups in total. The van der Waals surface area contributed by atoms with Crippen LogP contribution in [0.25, 0.3) is 6.08 Å². The number of carbonyl (C=O) groups excluding carboxylic acids is 3. The fourth-order valence-corrected chi connectivity index (χ4v) is 3.92. The molecule has 0 saturated carbocycles. The number of nitrogens with one attached hydrogen (secondary N) is 1. The van der Waals surface area contributed by atoms with Crippen LogP contribution in [0.4, 0.5) is 14.9 Å². The van der Waals surface area contributed by atoms with Crippen LogP contribution in [0.5, 0.6) is 5.75 Å². The summed E-state index contributed by atoms with van der Waals surface area (Å²) in [5, 5.41) is 3.00. The second-order valence-corrected chi connectivity index (χ2v) is 8.41. The first-order valence-electron chi connectivity index (χ1n) is 9.76. The molecule has 1 saturated heterocycles. The molecular formula is C24H14Cl3FN2O4. The van der Waals surface area contributed by atoms with Crippen LogP contribution in [-0.4, -0.2) is 17.8 Å². The summed E-state index contributed by atoms with van der Waals surface area (Å²) in [6, 6.07) is 13.7. The van der Waals surface area contributed by atoms with E-state index in [2.05, 4.69) is 5.32 Å². The van der Waals surface area contributed by atoms with Gasteiger partial charge in [-0.25, -0.2) is 14.1 Å². The Morgan fingerprint density at radius 3 is 2.15 bits per heavy atom. The zero-order valence-electron chi connectivity index (χ0n) is 17.2. The molecule has 4 amide bonds. The van der Waals surface area contributed by atoms with Crippen LogP contribution < -0.4 is 15.0 Å². The molecule has 0 unspecified atom stereocenters. The number of halogens is 4. The van der Waals surface area contributed by atoms with E-state index in [0.717, 1.165) is 22.6 Å². The van der Waals surface area contributed by atoms with E-state index in [1.165, 1.54) is 30.3 Å². The molecule has 1 aliphatic heterocycles. The number of rotatable bonds is 5. The van der Waals surface area contributed by atoms with Gasteiger partial charge in [0.15, 0.2) is 5.75 Å². The van der Waals surface area contributed by atoms with Crippen molar-refractivity contribution in [3.63, 3.8) is 0 Å². The highest BCUT2D eigenvalue weighted by Crippen LogP contribution is 2.36. The van der Waals surface area contributed by atoms with Gasteiger partial charge in [-0.3, -0.25) is 14.9 Å². The van der Waals surface area contributed by atoms with Crippen molar-refractivity contribution in [1.29, 1.82) is 0 Å². The van der Waals surface area contributed by atoms with Gasteiger partial charge in [-0.15, -0.1) is 0 Å². The SMILES string of the molecule is O=C1NC(=O)N(c2ccc(F)cc2)C(=O)C1=Cc1cc(Cl)c(OCc2ccc(Cl)cc2)c(Cl)c1. The van der Waals surface area contributed by atoms with Gasteiger partial charge in [-0.1, -0.05) is 46.9 Å². The number of carbonyl (C=O) groups is 3. The summed E-state index contributed by atoms with van der Waals surface area (Å²) < 4.78 is 19.0. The maximum Gasteiger partial charge on any atom is 0.335 e. The molecule has 3 aromatic carbocycles. The summed E-state index contributed by atoms with van der Waals surface area (Å²) in [6.07, 6.45) is 1.25. The third-order valence-corrected chi connectivity index (χ3v) is 5.63. The number of ether oxygens (including phenoxy) is 1. The Morgan fingerprint density at radius 2 is 1.53 bits per heavy atom. The second-order valence-electron chi connectivity index (χ2n) is 7.16. The standard InChI is InChI=1S/C24H14Cl3FN2O4/c25-15-3-1-13(2-4-15)12-34-21-19(26)10-14(11-20(21)27)9-18-22(31)29-24(33)30(23(18)32)17-7-5-16(28)6-8-17/h1-11H,12H2,(H,29,31,33). The minimum atomic E-state index is -0.944. The third kappa shape index (κ3) is 5.07. The number of hydrogen-bond acceptors (Lipinski definition) is 4. The van der Waals surface area contributed by atoms with Crippen LogP contribution in [0, 0.1) is 5.82 Å². The predicted octanol–water partition coefficient (Wildman–Crippen LogP) is 6.03. The zero-order chi connectivity index (χ0) is 24.4. The van der Waals surface area contributed by atoms with E-state index in [4.69, 9.17) is 39.5 Å². The maximum absolute atomic E-state index is 13.2. The number of urea groups is 1. The Balaban J connectivity index is 1.60. The van der Waals surface area contributed by atoms with E-state index >= 15 is 0 Å². The fraction of sp³-hybridized carbons (Fsp3) is 0.0417. The van der Waals surface area contributed by atoms with Gasteiger partial charge in [0, 0.05) is 5.02 Å². The lowest BCUT2D eigenvalue weighted by molar-refractivity contribution is -0.122. The van der Waals surface area contributed by atoms with Gasteiger partial charge in [0.25, 0.3) is 11.8 Å². The molecular weight excluding hydrogens is 506 g/mol. The highest BCUT2D eigenvalue weighted by atomic mass is 35.5. The normalized spacial score (nSPS) is 15.0. The molecule has 0 atom stereocenters. The summed E-state index contributed by atoms with van der Waals surface area (Å²) in [6.45, 7) is 0.187. The van der Waals surface area contributed by atoms with Crippen LogP contribution in [0.2, 0.25) is 15.1 Å². The van der Waals surface area contributed by atoms with Gasteiger partial charge < -0.3 is 4.74 Å². The highest BCUT2D eigenvalue weighted by Gasteiger charge is 2.36. The summed E-state index contributed by atoms with van der Waals surface area (Å²) in [7, 11) is 0. The molecule has 0 bridgehead atoms. The van der Waals surface area contributed by atoms with Crippen LogP contribution in [0.3, 0.4) is 0 Å². The van der Waals surface area contributed by atoms with Crippen molar-refractivity contribution in [2.45, 2.75) is 6.61 Å². The third-order valence-electron chi connectivity index (χ3n) is 4.81. The lowest BCUT2D eigenvalue weighted by Crippen LogP contribution is -2.54. The van der Waals surface area contributed by atoms with Crippen LogP contribution in [0.15, 0.2) is 66.2 Å². The van der Waals surface area contributed by atoms with E-state index in [9.17, 15) is 18.8 Å². The van der Waals surface area contributed by atoms with E-state index < -0.39 is 23.7 Å². The van der Waals surface area contributed by atoms with Crippen molar-refractivity contribution in [2.24, 2.45) is 0 Å². The number of imide groups is 2. The first-order chi connectivity index (χ1) is 16.2. The smallest absolute Gasteiger partial charge is 0.335 e. The average Bonchev–Trinajstić information content (AvgIpc) is 2.78. The van der Waals surface area contributed by atoms with E-state index in [-0.39, 0.29) is 33.7 Å². The molecule has 1 fully saturated rings. The van der Waals surface area contributed by atoms with Crippen molar-refractivity contribution < 1.29 is 23.5 Å². The van der Waals surface area contributed by atoms with E-state index in [1.807, 2.05) is 0 Å². The second kappa shape index (κ2) is 9.85. The molecule has 172 valence electrons. The quantitative estimate of drug-likeness (QED) is 0.330. The number of anilines is 1. The maximum atomic E-state index is 13.2. The molecule has 0 aliphatic carbocycles. The Hall–Kier alpha value is -3.39. The summed E-state index contributed by atoms with van der Waals surface area (Å²) in [5.74, 6) is -2.08. The molecule has 0 spiro atoms. The molecule has 4 rings (SSSR count). The molecule has 0 aromatic heterocycles. The number of benzene rings is 3.